The molecular formula is C8H17N. The maximum absolute atomic E-state index is 3.45. The van der Waals surface area contributed by atoms with Crippen molar-refractivity contribution in [2.24, 2.45) is 5.92 Å². The molecule has 0 aromatic heterocycles. The molecule has 0 aromatic carbocycles. The van der Waals surface area contributed by atoms with Crippen molar-refractivity contribution in [2.45, 2.75) is 39.2 Å². The van der Waals surface area contributed by atoms with Crippen LogP contribution in [0.5, 0.6) is 0 Å². The molecular weight excluding hydrogens is 110 g/mol. The third kappa shape index (κ3) is 1.98. The molecule has 2 atom stereocenters. The van der Waals surface area contributed by atoms with Crippen molar-refractivity contribution in [3.8, 4) is 0 Å². The maximum atomic E-state index is 3.45. The zero-order valence-corrected chi connectivity index (χ0v) is 6.48. The van der Waals surface area contributed by atoms with Gasteiger partial charge in [-0.3, -0.25) is 0 Å². The summed E-state index contributed by atoms with van der Waals surface area (Å²) in [6.07, 6.45) is 4.14. The van der Waals surface area contributed by atoms with Gasteiger partial charge in [0.05, 0.1) is 0 Å². The van der Waals surface area contributed by atoms with Crippen LogP contribution >= 0.6 is 0 Å². The number of rotatable bonds is 1. The highest BCUT2D eigenvalue weighted by atomic mass is 14.9. The minimum absolute atomic E-state index is 0.767. The average molecular weight is 127 g/mol. The summed E-state index contributed by atoms with van der Waals surface area (Å²) in [7, 11) is 0. The van der Waals surface area contributed by atoms with Gasteiger partial charge in [0.2, 0.25) is 0 Å². The van der Waals surface area contributed by atoms with Crippen molar-refractivity contribution < 1.29 is 0 Å². The predicted octanol–water partition coefficient (Wildman–Crippen LogP) is 1.78. The molecule has 0 amide bonds. The third-order valence-corrected chi connectivity index (χ3v) is 2.31. The zero-order valence-electron chi connectivity index (χ0n) is 6.48. The van der Waals surface area contributed by atoms with Crippen LogP contribution in [-0.2, 0) is 0 Å². The van der Waals surface area contributed by atoms with E-state index in [0.29, 0.717) is 0 Å². The minimum Gasteiger partial charge on any atom is -0.314 e. The van der Waals surface area contributed by atoms with E-state index in [4.69, 9.17) is 0 Å². The third-order valence-electron chi connectivity index (χ3n) is 2.31. The molecule has 1 fully saturated rings. The average Bonchev–Trinajstić information content (AvgIpc) is 1.88. The van der Waals surface area contributed by atoms with Crippen molar-refractivity contribution in [1.82, 2.24) is 5.32 Å². The van der Waals surface area contributed by atoms with Gasteiger partial charge in [0.1, 0.15) is 0 Å². The van der Waals surface area contributed by atoms with Crippen LogP contribution in [-0.4, -0.2) is 12.6 Å². The fourth-order valence-corrected chi connectivity index (χ4v) is 1.61. The Kier molecular flexibility index (Phi) is 2.52. The van der Waals surface area contributed by atoms with E-state index in [1.165, 1.54) is 25.8 Å². The Labute approximate surface area is 57.8 Å². The van der Waals surface area contributed by atoms with Crippen LogP contribution in [0.4, 0.5) is 0 Å². The second kappa shape index (κ2) is 3.21. The second-order valence-electron chi connectivity index (χ2n) is 3.15. The Balaban J connectivity index is 2.23. The first kappa shape index (κ1) is 7.07. The van der Waals surface area contributed by atoms with Gasteiger partial charge in [0.15, 0.2) is 0 Å². The lowest BCUT2D eigenvalue weighted by molar-refractivity contribution is 0.308. The van der Waals surface area contributed by atoms with Gasteiger partial charge in [-0.15, -0.1) is 0 Å². The first-order valence-corrected chi connectivity index (χ1v) is 4.06. The van der Waals surface area contributed by atoms with Crippen molar-refractivity contribution in [1.29, 1.82) is 0 Å². The topological polar surface area (TPSA) is 12.0 Å². The SMILES string of the molecule is CC[C@@H]1CCN[C@H](C)C1. The van der Waals surface area contributed by atoms with Gasteiger partial charge in [-0.05, 0) is 32.2 Å². The molecule has 1 aliphatic heterocycles. The molecule has 0 bridgehead atoms. The van der Waals surface area contributed by atoms with Gasteiger partial charge in [-0.2, -0.15) is 0 Å². The summed E-state index contributed by atoms with van der Waals surface area (Å²) in [6, 6.07) is 0.767. The number of nitrogens with one attached hydrogen (secondary N) is 1. The summed E-state index contributed by atoms with van der Waals surface area (Å²) in [5, 5.41) is 3.45. The molecule has 0 aliphatic carbocycles. The van der Waals surface area contributed by atoms with E-state index in [1.54, 1.807) is 0 Å². The van der Waals surface area contributed by atoms with Gasteiger partial charge in [-0.1, -0.05) is 13.3 Å². The normalized spacial score (nSPS) is 36.7. The molecule has 0 aromatic rings. The van der Waals surface area contributed by atoms with Crippen LogP contribution in [0.3, 0.4) is 0 Å². The molecule has 9 heavy (non-hydrogen) atoms. The van der Waals surface area contributed by atoms with E-state index < -0.39 is 0 Å². The molecule has 1 rings (SSSR count). The lowest BCUT2D eigenvalue weighted by atomic mass is 9.91. The summed E-state index contributed by atoms with van der Waals surface area (Å²) in [6.45, 7) is 5.81. The Bertz CT molecular complexity index is 80.6. The Hall–Kier alpha value is -0.0400. The largest absolute Gasteiger partial charge is 0.314 e. The summed E-state index contributed by atoms with van der Waals surface area (Å²) in [5.74, 6) is 1.00. The molecule has 0 saturated carbocycles. The highest BCUT2D eigenvalue weighted by Gasteiger charge is 2.15. The predicted molar refractivity (Wildman–Crippen MR) is 40.5 cm³/mol. The molecule has 1 heterocycles. The van der Waals surface area contributed by atoms with Crippen LogP contribution in [0.2, 0.25) is 0 Å². The molecule has 1 nitrogen and oxygen atoms in total. The molecule has 54 valence electrons. The molecule has 1 N–H and O–H groups in total. The van der Waals surface area contributed by atoms with Gasteiger partial charge < -0.3 is 5.32 Å². The van der Waals surface area contributed by atoms with Crippen LogP contribution < -0.4 is 5.32 Å². The van der Waals surface area contributed by atoms with Gasteiger partial charge in [-0.25, -0.2) is 0 Å². The Morgan fingerprint density at radius 2 is 2.33 bits per heavy atom. The van der Waals surface area contributed by atoms with Gasteiger partial charge in [0.25, 0.3) is 0 Å². The number of hydrogen-bond acceptors (Lipinski definition) is 1. The molecule has 0 spiro atoms. The van der Waals surface area contributed by atoms with E-state index >= 15 is 0 Å². The van der Waals surface area contributed by atoms with E-state index in [9.17, 15) is 0 Å². The summed E-state index contributed by atoms with van der Waals surface area (Å²) in [4.78, 5) is 0. The van der Waals surface area contributed by atoms with Crippen molar-refractivity contribution in [3.63, 3.8) is 0 Å². The highest BCUT2D eigenvalue weighted by Crippen LogP contribution is 2.18. The fraction of sp³-hybridized carbons (Fsp3) is 1.00. The van der Waals surface area contributed by atoms with Crippen LogP contribution in [0.1, 0.15) is 33.1 Å². The lowest BCUT2D eigenvalue weighted by Crippen LogP contribution is -2.35. The first-order valence-electron chi connectivity index (χ1n) is 4.06. The smallest absolute Gasteiger partial charge is 0.00413 e. The van der Waals surface area contributed by atoms with Gasteiger partial charge in [0, 0.05) is 6.04 Å². The monoisotopic (exact) mass is 127 g/mol. The Morgan fingerprint density at radius 3 is 2.78 bits per heavy atom. The summed E-state index contributed by atoms with van der Waals surface area (Å²) in [5.41, 5.74) is 0. The molecule has 1 heteroatoms. The standard InChI is InChI=1S/C8H17N/c1-3-8-4-5-9-7(2)6-8/h7-9H,3-6H2,1-2H3/t7-,8-/m1/s1. The first-order chi connectivity index (χ1) is 4.33. The number of hydrogen-bond donors (Lipinski definition) is 1. The summed E-state index contributed by atoms with van der Waals surface area (Å²) < 4.78 is 0. The summed E-state index contributed by atoms with van der Waals surface area (Å²) >= 11 is 0. The molecule has 1 aliphatic rings. The highest BCUT2D eigenvalue weighted by molar-refractivity contribution is 4.73. The molecule has 1 saturated heterocycles. The van der Waals surface area contributed by atoms with Crippen molar-refractivity contribution >= 4 is 0 Å². The quantitative estimate of drug-likeness (QED) is 0.566. The Morgan fingerprint density at radius 1 is 1.56 bits per heavy atom. The fourth-order valence-electron chi connectivity index (χ4n) is 1.61. The van der Waals surface area contributed by atoms with Crippen molar-refractivity contribution in [3.05, 3.63) is 0 Å². The molecule has 0 unspecified atom stereocenters. The maximum Gasteiger partial charge on any atom is 0.00413 e. The van der Waals surface area contributed by atoms with E-state index in [-0.39, 0.29) is 0 Å². The van der Waals surface area contributed by atoms with E-state index in [1.807, 2.05) is 0 Å². The lowest BCUT2D eigenvalue weighted by Gasteiger charge is -2.26. The zero-order chi connectivity index (χ0) is 6.69. The van der Waals surface area contributed by atoms with E-state index in [2.05, 4.69) is 19.2 Å². The van der Waals surface area contributed by atoms with Gasteiger partial charge >= 0.3 is 0 Å². The molecule has 0 radical (unpaired) electrons. The van der Waals surface area contributed by atoms with E-state index in [0.717, 1.165) is 12.0 Å². The minimum atomic E-state index is 0.767. The van der Waals surface area contributed by atoms with Crippen LogP contribution in [0.25, 0.3) is 0 Å². The number of piperidine rings is 1. The second-order valence-corrected chi connectivity index (χ2v) is 3.15. The van der Waals surface area contributed by atoms with Crippen LogP contribution in [0, 0.1) is 5.92 Å². The van der Waals surface area contributed by atoms with Crippen molar-refractivity contribution in [2.75, 3.05) is 6.54 Å². The van der Waals surface area contributed by atoms with Crippen LogP contribution in [0.15, 0.2) is 0 Å².